The first kappa shape index (κ1) is 17.7. The first-order valence-corrected chi connectivity index (χ1v) is 9.46. The Kier molecular flexibility index (Phi) is 3.68. The van der Waals surface area contributed by atoms with Gasteiger partial charge in [0.05, 0.1) is 0 Å². The van der Waals surface area contributed by atoms with Gasteiger partial charge in [0.2, 0.25) is 25.4 Å². The number of aromatic hydroxyl groups is 1. The smallest absolute Gasteiger partial charge is 0.333 e. The molecule has 1 aliphatic carbocycles. The molecule has 2 heterocycles. The van der Waals surface area contributed by atoms with Crippen molar-refractivity contribution >= 4 is 15.8 Å². The summed E-state index contributed by atoms with van der Waals surface area (Å²) < 4.78 is 31.0. The monoisotopic (exact) mass is 372 g/mol. The van der Waals surface area contributed by atoms with Crippen molar-refractivity contribution < 1.29 is 23.1 Å². The predicted octanol–water partition coefficient (Wildman–Crippen LogP) is -0.363. The SMILES string of the molecule is Cn1c(O)c(C2(C)C(=O)OC3(CCCCC3)S2(=O)=O)c(=O)n(C)c1=O. The van der Waals surface area contributed by atoms with Crippen LogP contribution in [0.1, 0.15) is 44.6 Å². The van der Waals surface area contributed by atoms with E-state index in [-0.39, 0.29) is 12.8 Å². The summed E-state index contributed by atoms with van der Waals surface area (Å²) in [6, 6.07) is 0. The fourth-order valence-electron chi connectivity index (χ4n) is 3.75. The summed E-state index contributed by atoms with van der Waals surface area (Å²) >= 11 is 0. The lowest BCUT2D eigenvalue weighted by Crippen LogP contribution is -2.49. The lowest BCUT2D eigenvalue weighted by molar-refractivity contribution is -0.152. The van der Waals surface area contributed by atoms with Gasteiger partial charge >= 0.3 is 11.7 Å². The van der Waals surface area contributed by atoms with Gasteiger partial charge in [0.15, 0.2) is 0 Å². The average Bonchev–Trinajstić information content (AvgIpc) is 2.71. The second-order valence-electron chi connectivity index (χ2n) is 6.80. The minimum Gasteiger partial charge on any atom is -0.494 e. The van der Waals surface area contributed by atoms with Crippen LogP contribution in [-0.4, -0.2) is 33.6 Å². The Morgan fingerprint density at radius 1 is 1.04 bits per heavy atom. The van der Waals surface area contributed by atoms with Crippen LogP contribution in [0.2, 0.25) is 0 Å². The summed E-state index contributed by atoms with van der Waals surface area (Å²) in [6.07, 6.45) is 2.31. The van der Waals surface area contributed by atoms with Crippen LogP contribution in [0.4, 0.5) is 0 Å². The van der Waals surface area contributed by atoms with Crippen molar-refractivity contribution in [3.8, 4) is 5.88 Å². The highest BCUT2D eigenvalue weighted by Crippen LogP contribution is 2.52. The molecule has 0 aromatic carbocycles. The van der Waals surface area contributed by atoms with E-state index >= 15 is 0 Å². The molecule has 3 rings (SSSR count). The Morgan fingerprint density at radius 3 is 2.16 bits per heavy atom. The van der Waals surface area contributed by atoms with Crippen LogP contribution in [0.5, 0.6) is 5.88 Å². The van der Waals surface area contributed by atoms with Gasteiger partial charge in [-0.3, -0.25) is 13.9 Å². The van der Waals surface area contributed by atoms with E-state index in [1.54, 1.807) is 0 Å². The number of hydrogen-bond donors (Lipinski definition) is 1. The van der Waals surface area contributed by atoms with Gasteiger partial charge in [-0.05, 0) is 19.8 Å². The van der Waals surface area contributed by atoms with E-state index in [4.69, 9.17) is 4.74 Å². The molecule has 0 bridgehead atoms. The molecule has 0 amide bonds. The third-order valence-electron chi connectivity index (χ3n) is 5.42. The second-order valence-corrected chi connectivity index (χ2v) is 9.37. The van der Waals surface area contributed by atoms with Crippen LogP contribution in [0.15, 0.2) is 9.59 Å². The molecule has 25 heavy (non-hydrogen) atoms. The van der Waals surface area contributed by atoms with E-state index in [9.17, 15) is 27.9 Å². The zero-order chi connectivity index (χ0) is 18.8. The minimum absolute atomic E-state index is 0.156. The molecule has 1 spiro atoms. The van der Waals surface area contributed by atoms with Crippen molar-refractivity contribution in [3.05, 3.63) is 26.4 Å². The second kappa shape index (κ2) is 5.20. The number of rotatable bonds is 1. The topological polar surface area (TPSA) is 125 Å². The standard InChI is InChI=1S/C15H20N2O7S/c1-14(9-10(18)16(2)13(21)17(3)11(9)19)12(20)24-15(25(14,22)23)7-5-4-6-8-15/h18H,4-8H2,1-3H3. The number of ether oxygens (including phenoxy) is 1. The summed E-state index contributed by atoms with van der Waals surface area (Å²) in [5.41, 5.74) is -2.51. The molecular weight excluding hydrogens is 352 g/mol. The van der Waals surface area contributed by atoms with Gasteiger partial charge in [-0.25, -0.2) is 18.0 Å². The first-order valence-electron chi connectivity index (χ1n) is 7.98. The van der Waals surface area contributed by atoms with E-state index in [2.05, 4.69) is 0 Å². The van der Waals surface area contributed by atoms with Crippen molar-refractivity contribution in [2.75, 3.05) is 0 Å². The van der Waals surface area contributed by atoms with Crippen molar-refractivity contribution in [2.24, 2.45) is 14.1 Å². The zero-order valence-corrected chi connectivity index (χ0v) is 15.1. The van der Waals surface area contributed by atoms with Gasteiger partial charge in [0.1, 0.15) is 5.56 Å². The van der Waals surface area contributed by atoms with Crippen LogP contribution in [0.25, 0.3) is 0 Å². The van der Waals surface area contributed by atoms with E-state index < -0.39 is 48.2 Å². The Balaban J connectivity index is 2.37. The van der Waals surface area contributed by atoms with E-state index in [0.717, 1.165) is 25.0 Å². The molecule has 9 nitrogen and oxygen atoms in total. The number of hydrogen-bond acceptors (Lipinski definition) is 7. The largest absolute Gasteiger partial charge is 0.494 e. The quantitative estimate of drug-likeness (QED) is 0.667. The number of carbonyl (C=O) groups is 1. The Morgan fingerprint density at radius 2 is 1.60 bits per heavy atom. The summed E-state index contributed by atoms with van der Waals surface area (Å²) in [5, 5.41) is 10.3. The number of esters is 1. The van der Waals surface area contributed by atoms with Gasteiger partial charge in [-0.2, -0.15) is 0 Å². The lowest BCUT2D eigenvalue weighted by Gasteiger charge is -2.31. The van der Waals surface area contributed by atoms with Crippen molar-refractivity contribution in [1.29, 1.82) is 0 Å². The Labute approximate surface area is 143 Å². The van der Waals surface area contributed by atoms with Crippen LogP contribution in [0, 0.1) is 0 Å². The average molecular weight is 372 g/mol. The van der Waals surface area contributed by atoms with E-state index in [1.807, 2.05) is 0 Å². The highest BCUT2D eigenvalue weighted by molar-refractivity contribution is 7.94. The number of carbonyl (C=O) groups excluding carboxylic acids is 1. The minimum atomic E-state index is -4.30. The summed E-state index contributed by atoms with van der Waals surface area (Å²) in [6.45, 7) is 1.06. The van der Waals surface area contributed by atoms with E-state index in [1.165, 1.54) is 7.05 Å². The molecule has 1 aromatic rings. The van der Waals surface area contributed by atoms with Crippen molar-refractivity contribution in [3.63, 3.8) is 0 Å². The van der Waals surface area contributed by atoms with Crippen molar-refractivity contribution in [2.45, 2.75) is 48.7 Å². The third kappa shape index (κ3) is 1.94. The van der Waals surface area contributed by atoms with Crippen molar-refractivity contribution in [1.82, 2.24) is 9.13 Å². The molecule has 10 heteroatoms. The molecule has 1 saturated heterocycles. The normalized spacial score (nSPS) is 27.4. The van der Waals surface area contributed by atoms with E-state index in [0.29, 0.717) is 17.4 Å². The van der Waals surface area contributed by atoms with Gasteiger partial charge in [0, 0.05) is 26.9 Å². The van der Waals surface area contributed by atoms with Gasteiger partial charge in [-0.15, -0.1) is 0 Å². The van der Waals surface area contributed by atoms with Crippen LogP contribution < -0.4 is 11.2 Å². The predicted molar refractivity (Wildman–Crippen MR) is 86.8 cm³/mol. The molecular formula is C15H20N2O7S. The maximum absolute atomic E-state index is 13.3. The number of sulfone groups is 1. The molecule has 2 fully saturated rings. The number of aromatic nitrogens is 2. The van der Waals surface area contributed by atoms with Gasteiger partial charge < -0.3 is 9.84 Å². The summed E-state index contributed by atoms with van der Waals surface area (Å²) in [7, 11) is -1.96. The molecule has 1 aromatic heterocycles. The molecule has 1 saturated carbocycles. The maximum Gasteiger partial charge on any atom is 0.333 e. The van der Waals surface area contributed by atoms with Crippen LogP contribution >= 0.6 is 0 Å². The molecule has 0 radical (unpaired) electrons. The molecule has 1 aliphatic heterocycles. The first-order chi connectivity index (χ1) is 11.5. The summed E-state index contributed by atoms with van der Waals surface area (Å²) in [4.78, 5) is 35.5. The summed E-state index contributed by atoms with van der Waals surface area (Å²) in [5.74, 6) is -1.94. The van der Waals surface area contributed by atoms with Crippen LogP contribution in [0.3, 0.4) is 0 Å². The van der Waals surface area contributed by atoms with Crippen LogP contribution in [-0.2, 0) is 38.2 Å². The molecule has 1 atom stereocenters. The molecule has 1 N–H and O–H groups in total. The highest BCUT2D eigenvalue weighted by Gasteiger charge is 2.70. The zero-order valence-electron chi connectivity index (χ0n) is 14.2. The fourth-order valence-corrected chi connectivity index (χ4v) is 6.22. The fraction of sp³-hybridized carbons (Fsp3) is 0.667. The Hall–Kier alpha value is -2.10. The molecule has 1 unspecified atom stereocenters. The van der Waals surface area contributed by atoms with Gasteiger partial charge in [-0.1, -0.05) is 6.42 Å². The Bertz CT molecular complexity index is 982. The number of nitrogens with zero attached hydrogens (tertiary/aromatic N) is 2. The third-order valence-corrected chi connectivity index (χ3v) is 8.34. The lowest BCUT2D eigenvalue weighted by atomic mass is 9.97. The molecule has 2 aliphatic rings. The molecule has 138 valence electrons. The highest BCUT2D eigenvalue weighted by atomic mass is 32.2. The maximum atomic E-state index is 13.3. The van der Waals surface area contributed by atoms with Gasteiger partial charge in [0.25, 0.3) is 5.56 Å².